The van der Waals surface area contributed by atoms with E-state index in [1.807, 2.05) is 148 Å². The second-order valence-corrected chi connectivity index (χ2v) is 18.9. The molecule has 12 rings (SSSR count). The average molecular weight is 1010 g/mol. The third kappa shape index (κ3) is 12.7. The Morgan fingerprint density at radius 3 is 1.28 bits per heavy atom. The van der Waals surface area contributed by atoms with Gasteiger partial charge in [0.05, 0.1) is 47.3 Å². The highest BCUT2D eigenvalue weighted by Gasteiger charge is 2.20. The molecule has 0 spiro atoms. The number of rotatable bonds is 12. The fourth-order valence-electron chi connectivity index (χ4n) is 8.82. The van der Waals surface area contributed by atoms with Gasteiger partial charge in [0.25, 0.3) is 0 Å². The molecule has 0 fully saturated rings. The number of hydrogen-bond donors (Lipinski definition) is 2. The van der Waals surface area contributed by atoms with Crippen molar-refractivity contribution in [3.63, 3.8) is 0 Å². The zero-order valence-corrected chi connectivity index (χ0v) is 44.4. The molecule has 0 aliphatic heterocycles. The number of nitrogens with zero attached hydrogens (tertiary/aromatic N) is 14. The molecular formula is C60H64N16. The summed E-state index contributed by atoms with van der Waals surface area (Å²) in [5.74, 6) is 1.87. The van der Waals surface area contributed by atoms with Gasteiger partial charge >= 0.3 is 0 Å². The third-order valence-corrected chi connectivity index (χ3v) is 13.0. The van der Waals surface area contributed by atoms with E-state index in [0.29, 0.717) is 12.1 Å². The molecule has 76 heavy (non-hydrogen) atoms. The number of imidazole rings is 2. The maximum atomic E-state index is 4.95. The SMILES string of the molecule is CCN(Cc1nc(-c2ccc3ncnn3c2)c(-c2cccc(C)n2)[nH]1)C(C)C.CCN(Cc1nc(-c2ccc3ncnn3c2)c(-c2cccc(C)n2)[nH]1)C(C)C.c1ccc2cnccc2c1.c1ccc2cnccc2c1. The summed E-state index contributed by atoms with van der Waals surface area (Å²) in [5, 5.41) is 13.4. The normalized spacial score (nSPS) is 11.3. The van der Waals surface area contributed by atoms with Crippen molar-refractivity contribution in [1.82, 2.24) is 78.9 Å². The molecule has 2 aromatic carbocycles. The highest BCUT2D eigenvalue weighted by atomic mass is 15.3. The van der Waals surface area contributed by atoms with Crippen LogP contribution >= 0.6 is 0 Å². The van der Waals surface area contributed by atoms with Crippen molar-refractivity contribution in [2.75, 3.05) is 13.1 Å². The molecule has 2 N–H and O–H groups in total. The molecule has 0 amide bonds. The van der Waals surface area contributed by atoms with Gasteiger partial charge in [-0.25, -0.2) is 29.0 Å². The monoisotopic (exact) mass is 1010 g/mol. The first-order valence-electron chi connectivity index (χ1n) is 25.7. The lowest BCUT2D eigenvalue weighted by Crippen LogP contribution is -2.30. The van der Waals surface area contributed by atoms with E-state index < -0.39 is 0 Å². The summed E-state index contributed by atoms with van der Waals surface area (Å²) in [4.78, 5) is 47.6. The lowest BCUT2D eigenvalue weighted by molar-refractivity contribution is 0.220. The van der Waals surface area contributed by atoms with E-state index in [2.05, 4.69) is 116 Å². The van der Waals surface area contributed by atoms with Crippen LogP contribution in [0.2, 0.25) is 0 Å². The molecule has 0 saturated heterocycles. The van der Waals surface area contributed by atoms with E-state index in [0.717, 1.165) is 106 Å². The molecule has 0 unspecified atom stereocenters. The number of benzene rings is 2. The van der Waals surface area contributed by atoms with Gasteiger partial charge in [-0.15, -0.1) is 0 Å². The average Bonchev–Trinajstić information content (AvgIpc) is 4.29. The lowest BCUT2D eigenvalue weighted by atomic mass is 10.1. The standard InChI is InChI=1S/2C21H25N7.2C9H7N/c2*1-5-27(14(2)3)12-18-25-20(16-9-10-19-22-13-23-28(19)11-16)21(26-18)17-8-6-7-15(4)24-17;2*1-2-4-9-7-10-6-5-8(9)3-1/h2*6-11,13-14H,5,12H2,1-4H3,(H,25,26);2*1-7H. The molecule has 12 aromatic rings. The minimum Gasteiger partial charge on any atom is -0.339 e. The minimum atomic E-state index is 0.450. The number of aryl methyl sites for hydroxylation is 2. The Morgan fingerprint density at radius 2 is 0.895 bits per heavy atom. The van der Waals surface area contributed by atoms with Crippen molar-refractivity contribution in [3.05, 3.63) is 194 Å². The maximum Gasteiger partial charge on any atom is 0.155 e. The van der Waals surface area contributed by atoms with E-state index in [9.17, 15) is 0 Å². The Morgan fingerprint density at radius 1 is 0.474 bits per heavy atom. The summed E-state index contributed by atoms with van der Waals surface area (Å²) in [6, 6.07) is 41.3. The van der Waals surface area contributed by atoms with Crippen molar-refractivity contribution >= 4 is 32.8 Å². The van der Waals surface area contributed by atoms with Crippen LogP contribution in [0.5, 0.6) is 0 Å². The number of H-pyrrole nitrogens is 2. The van der Waals surface area contributed by atoms with Gasteiger partial charge in [0, 0.05) is 71.8 Å². The van der Waals surface area contributed by atoms with Crippen molar-refractivity contribution in [3.8, 4) is 45.3 Å². The topological polar surface area (TPSA) is 176 Å². The van der Waals surface area contributed by atoms with E-state index >= 15 is 0 Å². The summed E-state index contributed by atoms with van der Waals surface area (Å²) in [5.41, 5.74) is 10.9. The van der Waals surface area contributed by atoms with Crippen LogP contribution < -0.4 is 0 Å². The molecule has 0 bridgehead atoms. The van der Waals surface area contributed by atoms with Gasteiger partial charge in [-0.3, -0.25) is 29.7 Å². The van der Waals surface area contributed by atoms with Crippen molar-refractivity contribution in [2.24, 2.45) is 0 Å². The number of aromatic amines is 2. The maximum absolute atomic E-state index is 4.95. The molecule has 0 aliphatic carbocycles. The number of hydrogen-bond acceptors (Lipinski definition) is 12. The van der Waals surface area contributed by atoms with Crippen LogP contribution in [0.1, 0.15) is 64.6 Å². The summed E-state index contributed by atoms with van der Waals surface area (Å²) in [7, 11) is 0. The van der Waals surface area contributed by atoms with Crippen LogP contribution in [0, 0.1) is 13.8 Å². The Bertz CT molecular complexity index is 3410. The van der Waals surface area contributed by atoms with Gasteiger partial charge in [-0.2, -0.15) is 10.2 Å². The molecule has 10 heterocycles. The third-order valence-electron chi connectivity index (χ3n) is 13.0. The Kier molecular flexibility index (Phi) is 16.7. The molecule has 16 heteroatoms. The number of nitrogens with one attached hydrogen (secondary N) is 2. The quantitative estimate of drug-likeness (QED) is 0.119. The van der Waals surface area contributed by atoms with Crippen LogP contribution in [0.25, 0.3) is 78.1 Å². The lowest BCUT2D eigenvalue weighted by Gasteiger charge is -2.23. The molecule has 0 saturated carbocycles. The smallest absolute Gasteiger partial charge is 0.155 e. The number of fused-ring (bicyclic) bond motifs is 4. The van der Waals surface area contributed by atoms with Crippen molar-refractivity contribution in [2.45, 2.75) is 80.6 Å². The van der Waals surface area contributed by atoms with Gasteiger partial charge in [-0.05, 0) is 137 Å². The Labute approximate surface area is 443 Å². The van der Waals surface area contributed by atoms with E-state index in [4.69, 9.17) is 19.9 Å². The van der Waals surface area contributed by atoms with E-state index in [-0.39, 0.29) is 0 Å². The van der Waals surface area contributed by atoms with E-state index in [1.165, 1.54) is 21.5 Å². The predicted octanol–water partition coefficient (Wildman–Crippen LogP) is 11.9. The Hall–Kier alpha value is -8.86. The van der Waals surface area contributed by atoms with Crippen LogP contribution in [-0.4, -0.2) is 104 Å². The predicted molar refractivity (Wildman–Crippen MR) is 303 cm³/mol. The molecule has 16 nitrogen and oxygen atoms in total. The fraction of sp³-hybridized carbons (Fsp3) is 0.233. The highest BCUT2D eigenvalue weighted by Crippen LogP contribution is 2.32. The van der Waals surface area contributed by atoms with Gasteiger partial charge in [0.2, 0.25) is 0 Å². The second-order valence-electron chi connectivity index (χ2n) is 18.9. The molecule has 0 atom stereocenters. The summed E-state index contributed by atoms with van der Waals surface area (Å²) in [6.45, 7) is 20.6. The highest BCUT2D eigenvalue weighted by molar-refractivity contribution is 5.82. The molecule has 0 radical (unpaired) electrons. The van der Waals surface area contributed by atoms with Crippen LogP contribution in [0.15, 0.2) is 171 Å². The van der Waals surface area contributed by atoms with Gasteiger partial charge in [0.15, 0.2) is 11.3 Å². The summed E-state index contributed by atoms with van der Waals surface area (Å²) >= 11 is 0. The largest absolute Gasteiger partial charge is 0.339 e. The molecular weight excluding hydrogens is 945 g/mol. The van der Waals surface area contributed by atoms with Crippen LogP contribution in [-0.2, 0) is 13.1 Å². The Balaban J connectivity index is 0.000000136. The summed E-state index contributed by atoms with van der Waals surface area (Å²) < 4.78 is 3.53. The first kappa shape index (κ1) is 52.0. The number of aromatic nitrogens is 14. The first-order chi connectivity index (χ1) is 37.0. The van der Waals surface area contributed by atoms with Crippen molar-refractivity contribution < 1.29 is 0 Å². The minimum absolute atomic E-state index is 0.450. The molecule has 10 aromatic heterocycles. The zero-order chi connectivity index (χ0) is 53.0. The first-order valence-corrected chi connectivity index (χ1v) is 25.7. The van der Waals surface area contributed by atoms with Gasteiger partial charge in [-0.1, -0.05) is 74.5 Å². The van der Waals surface area contributed by atoms with E-state index in [1.54, 1.807) is 21.7 Å². The van der Waals surface area contributed by atoms with Gasteiger partial charge < -0.3 is 9.97 Å². The van der Waals surface area contributed by atoms with Crippen LogP contribution in [0.4, 0.5) is 0 Å². The van der Waals surface area contributed by atoms with Crippen LogP contribution in [0.3, 0.4) is 0 Å². The van der Waals surface area contributed by atoms with Gasteiger partial charge in [0.1, 0.15) is 24.3 Å². The van der Waals surface area contributed by atoms with Crippen molar-refractivity contribution in [1.29, 1.82) is 0 Å². The summed E-state index contributed by atoms with van der Waals surface area (Å²) in [6.07, 6.45) is 14.4. The molecule has 384 valence electrons. The molecule has 0 aliphatic rings. The second kappa shape index (κ2) is 24.4. The number of pyridine rings is 6. The fourth-order valence-corrected chi connectivity index (χ4v) is 8.82. The zero-order valence-electron chi connectivity index (χ0n) is 44.4.